The van der Waals surface area contributed by atoms with Gasteiger partial charge in [-0.1, -0.05) is 48.5 Å². The zero-order chi connectivity index (χ0) is 17.6. The van der Waals surface area contributed by atoms with E-state index in [1.807, 2.05) is 42.5 Å². The molecule has 0 bridgehead atoms. The van der Waals surface area contributed by atoms with Gasteiger partial charge in [0.2, 0.25) is 5.96 Å². The normalized spacial score (nSPS) is 10.7. The molecule has 3 rings (SSSR count). The van der Waals surface area contributed by atoms with Gasteiger partial charge in [0.05, 0.1) is 5.69 Å². The lowest BCUT2D eigenvalue weighted by molar-refractivity contribution is 0.628. The van der Waals surface area contributed by atoms with Gasteiger partial charge in [-0.25, -0.2) is 4.39 Å². The van der Waals surface area contributed by atoms with Gasteiger partial charge in [0.15, 0.2) is 0 Å². The minimum Gasteiger partial charge on any atom is -0.369 e. The van der Waals surface area contributed by atoms with Gasteiger partial charge in [-0.2, -0.15) is 0 Å². The minimum absolute atomic E-state index is 0. The Labute approximate surface area is 156 Å². The summed E-state index contributed by atoms with van der Waals surface area (Å²) < 4.78 is 13.0. The number of hydrogen-bond acceptors (Lipinski definition) is 3. The quantitative estimate of drug-likeness (QED) is 0.420. The van der Waals surface area contributed by atoms with Crippen LogP contribution in [0.3, 0.4) is 0 Å². The first-order valence-corrected chi connectivity index (χ1v) is 7.58. The third-order valence-electron chi connectivity index (χ3n) is 3.50. The van der Waals surface area contributed by atoms with E-state index in [4.69, 9.17) is 11.5 Å². The van der Waals surface area contributed by atoms with Crippen LogP contribution >= 0.6 is 12.4 Å². The Morgan fingerprint density at radius 2 is 1.46 bits per heavy atom. The maximum absolute atomic E-state index is 13.0. The Hall–Kier alpha value is -3.25. The van der Waals surface area contributed by atoms with Crippen molar-refractivity contribution in [3.8, 4) is 11.1 Å². The van der Waals surface area contributed by atoms with Crippen molar-refractivity contribution in [3.05, 3.63) is 90.0 Å². The van der Waals surface area contributed by atoms with Crippen LogP contribution in [0.5, 0.6) is 0 Å². The summed E-state index contributed by atoms with van der Waals surface area (Å²) in [5.41, 5.74) is 14.5. The van der Waals surface area contributed by atoms with Crippen molar-refractivity contribution in [1.82, 2.24) is 4.98 Å². The molecular weight excluding hydrogens is 353 g/mol. The number of guanidine groups is 1. The first-order chi connectivity index (χ1) is 12.1. The monoisotopic (exact) mass is 369 g/mol. The summed E-state index contributed by atoms with van der Waals surface area (Å²) in [5, 5.41) is 7.87. The molecule has 7 heteroatoms. The van der Waals surface area contributed by atoms with E-state index in [1.54, 1.807) is 18.3 Å². The van der Waals surface area contributed by atoms with Gasteiger partial charge in [-0.15, -0.1) is 22.6 Å². The van der Waals surface area contributed by atoms with Crippen LogP contribution in [-0.4, -0.2) is 16.7 Å². The van der Waals surface area contributed by atoms with Crippen LogP contribution in [-0.2, 0) is 0 Å². The predicted molar refractivity (Wildman–Crippen MR) is 105 cm³/mol. The zero-order valence-corrected chi connectivity index (χ0v) is 14.5. The Bertz CT molecular complexity index is 903. The molecule has 0 aliphatic carbocycles. The predicted octanol–water partition coefficient (Wildman–Crippen LogP) is 3.34. The topological polar surface area (TPSA) is 89.7 Å². The highest BCUT2D eigenvalue weighted by Crippen LogP contribution is 2.20. The third-order valence-corrected chi connectivity index (χ3v) is 3.50. The minimum atomic E-state index is -0.274. The van der Waals surface area contributed by atoms with Gasteiger partial charge >= 0.3 is 0 Å². The SMILES string of the molecule is Cl.NC(N)=N/N=C(/c1ccccc1)c1ccc(-c2ccc(F)cc2)cn1. The second-order valence-electron chi connectivity index (χ2n) is 5.28. The first-order valence-electron chi connectivity index (χ1n) is 7.58. The second-order valence-corrected chi connectivity index (χ2v) is 5.28. The van der Waals surface area contributed by atoms with Crippen LogP contribution in [0.1, 0.15) is 11.3 Å². The average Bonchev–Trinajstić information content (AvgIpc) is 2.64. The van der Waals surface area contributed by atoms with Gasteiger partial charge in [-0.3, -0.25) is 4.98 Å². The van der Waals surface area contributed by atoms with E-state index in [-0.39, 0.29) is 24.2 Å². The summed E-state index contributed by atoms with van der Waals surface area (Å²) in [5.74, 6) is -0.402. The fourth-order valence-electron chi connectivity index (χ4n) is 2.31. The molecule has 0 amide bonds. The molecule has 0 spiro atoms. The lowest BCUT2D eigenvalue weighted by atomic mass is 10.0. The molecule has 0 aliphatic heterocycles. The smallest absolute Gasteiger partial charge is 0.211 e. The Kier molecular flexibility index (Phi) is 6.41. The van der Waals surface area contributed by atoms with E-state index in [2.05, 4.69) is 15.2 Å². The summed E-state index contributed by atoms with van der Waals surface area (Å²) in [6.07, 6.45) is 1.70. The summed E-state index contributed by atoms with van der Waals surface area (Å²) >= 11 is 0. The Morgan fingerprint density at radius 3 is 2.04 bits per heavy atom. The van der Waals surface area contributed by atoms with Crippen LogP contribution in [0.25, 0.3) is 11.1 Å². The van der Waals surface area contributed by atoms with Gasteiger partial charge < -0.3 is 11.5 Å². The van der Waals surface area contributed by atoms with Crippen LogP contribution in [0.4, 0.5) is 4.39 Å². The van der Waals surface area contributed by atoms with Gasteiger partial charge in [0, 0.05) is 17.3 Å². The summed E-state index contributed by atoms with van der Waals surface area (Å²) in [6.45, 7) is 0. The second kappa shape index (κ2) is 8.73. The summed E-state index contributed by atoms with van der Waals surface area (Å²) in [6, 6.07) is 19.5. The molecule has 4 N–H and O–H groups in total. The Balaban J connectivity index is 0.00000243. The number of rotatable bonds is 4. The van der Waals surface area contributed by atoms with Crippen LogP contribution in [0.15, 0.2) is 83.1 Å². The largest absolute Gasteiger partial charge is 0.369 e. The molecule has 0 fully saturated rings. The summed E-state index contributed by atoms with van der Waals surface area (Å²) in [4.78, 5) is 4.46. The lowest BCUT2D eigenvalue weighted by Crippen LogP contribution is -2.22. The van der Waals surface area contributed by atoms with Crippen molar-refractivity contribution in [2.24, 2.45) is 21.7 Å². The molecule has 0 unspecified atom stereocenters. The molecule has 1 heterocycles. The first kappa shape index (κ1) is 19.1. The number of nitrogens with zero attached hydrogens (tertiary/aromatic N) is 3. The number of halogens is 2. The maximum atomic E-state index is 13.0. The zero-order valence-electron chi connectivity index (χ0n) is 13.7. The fraction of sp³-hybridized carbons (Fsp3) is 0. The molecule has 0 saturated heterocycles. The number of nitrogens with two attached hydrogens (primary N) is 2. The van der Waals surface area contributed by atoms with E-state index in [0.29, 0.717) is 11.4 Å². The molecule has 26 heavy (non-hydrogen) atoms. The van der Waals surface area contributed by atoms with Crippen LogP contribution in [0.2, 0.25) is 0 Å². The van der Waals surface area contributed by atoms with E-state index >= 15 is 0 Å². The average molecular weight is 370 g/mol. The maximum Gasteiger partial charge on any atom is 0.211 e. The van der Waals surface area contributed by atoms with E-state index in [9.17, 15) is 4.39 Å². The molecule has 0 aliphatic rings. The third kappa shape index (κ3) is 4.64. The Morgan fingerprint density at radius 1 is 0.808 bits per heavy atom. The highest BCUT2D eigenvalue weighted by Gasteiger charge is 2.09. The van der Waals surface area contributed by atoms with Gasteiger partial charge in [0.1, 0.15) is 11.5 Å². The highest BCUT2D eigenvalue weighted by atomic mass is 35.5. The number of pyridine rings is 1. The van der Waals surface area contributed by atoms with Crippen LogP contribution in [0, 0.1) is 5.82 Å². The van der Waals surface area contributed by atoms with Crippen molar-refractivity contribution < 1.29 is 4.39 Å². The molecular formula is C19H17ClFN5. The molecule has 132 valence electrons. The van der Waals surface area contributed by atoms with Crippen molar-refractivity contribution in [2.75, 3.05) is 0 Å². The van der Waals surface area contributed by atoms with Crippen molar-refractivity contribution in [3.63, 3.8) is 0 Å². The molecule has 0 radical (unpaired) electrons. The standard InChI is InChI=1S/C19H16FN5.ClH/c20-16-9-6-13(7-10-16)15-8-11-17(23-12-15)18(24-25-19(21)22)14-4-2-1-3-5-14;/h1-12H,(H4,21,22,25);1H/b24-18-;. The van der Waals surface area contributed by atoms with Gasteiger partial charge in [-0.05, 0) is 23.8 Å². The van der Waals surface area contributed by atoms with Crippen molar-refractivity contribution in [1.29, 1.82) is 0 Å². The molecule has 1 aromatic heterocycles. The molecule has 0 atom stereocenters. The van der Waals surface area contributed by atoms with Gasteiger partial charge in [0.25, 0.3) is 0 Å². The number of aromatic nitrogens is 1. The van der Waals surface area contributed by atoms with Crippen molar-refractivity contribution in [2.45, 2.75) is 0 Å². The van der Waals surface area contributed by atoms with E-state index < -0.39 is 0 Å². The van der Waals surface area contributed by atoms with Crippen LogP contribution < -0.4 is 11.5 Å². The lowest BCUT2D eigenvalue weighted by Gasteiger charge is -2.07. The van der Waals surface area contributed by atoms with E-state index in [0.717, 1.165) is 16.7 Å². The number of hydrogen-bond donors (Lipinski definition) is 2. The molecule has 5 nitrogen and oxygen atoms in total. The van der Waals surface area contributed by atoms with Crippen molar-refractivity contribution >= 4 is 24.1 Å². The van der Waals surface area contributed by atoms with E-state index in [1.165, 1.54) is 12.1 Å². The fourth-order valence-corrected chi connectivity index (χ4v) is 2.31. The molecule has 0 saturated carbocycles. The highest BCUT2D eigenvalue weighted by molar-refractivity contribution is 6.11. The molecule has 3 aromatic rings. The molecule has 2 aromatic carbocycles. The summed E-state index contributed by atoms with van der Waals surface area (Å²) in [7, 11) is 0. The number of benzene rings is 2.